The lowest BCUT2D eigenvalue weighted by atomic mass is 10.1. The van der Waals surface area contributed by atoms with Crippen molar-refractivity contribution in [1.29, 1.82) is 0 Å². The zero-order chi connectivity index (χ0) is 13.0. The normalized spacial score (nSPS) is 17.7. The van der Waals surface area contributed by atoms with Gasteiger partial charge in [-0.3, -0.25) is 0 Å². The third kappa shape index (κ3) is 3.87. The maximum Gasteiger partial charge on any atom is 0.185 e. The van der Waals surface area contributed by atoms with E-state index in [4.69, 9.17) is 4.98 Å². The zero-order valence-corrected chi connectivity index (χ0v) is 13.1. The summed E-state index contributed by atoms with van der Waals surface area (Å²) >= 11 is 3.79. The summed E-state index contributed by atoms with van der Waals surface area (Å²) in [6, 6.07) is 0.521. The minimum absolute atomic E-state index is 0.521. The molecule has 1 aromatic rings. The van der Waals surface area contributed by atoms with Crippen molar-refractivity contribution in [2.75, 3.05) is 24.2 Å². The first-order chi connectivity index (χ1) is 8.69. The Morgan fingerprint density at radius 3 is 2.83 bits per heavy atom. The average molecular weight is 285 g/mol. The maximum absolute atomic E-state index is 4.73. The highest BCUT2D eigenvalue weighted by Gasteiger charge is 2.20. The van der Waals surface area contributed by atoms with Crippen LogP contribution in [0.1, 0.15) is 32.4 Å². The summed E-state index contributed by atoms with van der Waals surface area (Å²) in [5, 5.41) is 7.66. The van der Waals surface area contributed by atoms with Crippen LogP contribution in [0.25, 0.3) is 0 Å². The van der Waals surface area contributed by atoms with E-state index in [1.165, 1.54) is 23.7 Å². The molecule has 5 heteroatoms. The van der Waals surface area contributed by atoms with Gasteiger partial charge >= 0.3 is 0 Å². The van der Waals surface area contributed by atoms with Gasteiger partial charge in [0.1, 0.15) is 0 Å². The molecule has 0 aromatic carbocycles. The maximum atomic E-state index is 4.73. The monoisotopic (exact) mass is 285 g/mol. The number of hydrogen-bond acceptors (Lipinski definition) is 5. The van der Waals surface area contributed by atoms with E-state index in [9.17, 15) is 0 Å². The van der Waals surface area contributed by atoms with Gasteiger partial charge in [-0.05, 0) is 19.1 Å². The second-order valence-corrected chi connectivity index (χ2v) is 7.05. The van der Waals surface area contributed by atoms with Crippen LogP contribution in [0.5, 0.6) is 0 Å². The van der Waals surface area contributed by atoms with Gasteiger partial charge in [-0.15, -0.1) is 11.3 Å². The first-order valence-corrected chi connectivity index (χ1v) is 8.81. The predicted octanol–water partition coefficient (Wildman–Crippen LogP) is 2.97. The van der Waals surface area contributed by atoms with Crippen LogP contribution in [0.4, 0.5) is 5.13 Å². The van der Waals surface area contributed by atoms with Crippen molar-refractivity contribution >= 4 is 28.2 Å². The van der Waals surface area contributed by atoms with Gasteiger partial charge in [-0.25, -0.2) is 4.98 Å². The Kier molecular flexibility index (Phi) is 5.33. The van der Waals surface area contributed by atoms with Crippen LogP contribution in [0.2, 0.25) is 0 Å². The van der Waals surface area contributed by atoms with Crippen LogP contribution in [0.3, 0.4) is 0 Å². The fourth-order valence-corrected chi connectivity index (χ4v) is 3.68. The molecule has 18 heavy (non-hydrogen) atoms. The molecule has 0 radical (unpaired) electrons. The first-order valence-electron chi connectivity index (χ1n) is 6.64. The molecule has 0 spiro atoms. The molecule has 2 heterocycles. The number of rotatable bonds is 5. The summed E-state index contributed by atoms with van der Waals surface area (Å²) in [6.45, 7) is 7.54. The molecule has 1 N–H and O–H groups in total. The number of nitrogens with zero attached hydrogens (tertiary/aromatic N) is 2. The molecule has 0 atom stereocenters. The third-order valence-electron chi connectivity index (χ3n) is 3.28. The van der Waals surface area contributed by atoms with E-state index >= 15 is 0 Å². The van der Waals surface area contributed by atoms with Gasteiger partial charge < -0.3 is 10.2 Å². The highest BCUT2D eigenvalue weighted by molar-refractivity contribution is 7.99. The zero-order valence-electron chi connectivity index (χ0n) is 11.5. The summed E-state index contributed by atoms with van der Waals surface area (Å²) in [4.78, 5) is 7.17. The highest BCUT2D eigenvalue weighted by atomic mass is 32.2. The quantitative estimate of drug-likeness (QED) is 0.900. The fourth-order valence-electron chi connectivity index (χ4n) is 2.11. The molecular weight excluding hydrogens is 262 g/mol. The van der Waals surface area contributed by atoms with Crippen LogP contribution in [0, 0.1) is 0 Å². The minimum Gasteiger partial charge on any atom is -0.348 e. The molecule has 0 unspecified atom stereocenters. The Bertz CT molecular complexity index is 357. The minimum atomic E-state index is 0.521. The van der Waals surface area contributed by atoms with Gasteiger partial charge in [0, 0.05) is 36.3 Å². The van der Waals surface area contributed by atoms with E-state index in [0.717, 1.165) is 24.9 Å². The summed E-state index contributed by atoms with van der Waals surface area (Å²) < 4.78 is 0. The summed E-state index contributed by atoms with van der Waals surface area (Å²) in [5.74, 6) is 0. The topological polar surface area (TPSA) is 28.2 Å². The SMILES string of the molecule is CSC1CCN(c2nc(CNC(C)C)cs2)CC1. The number of thiazole rings is 1. The lowest BCUT2D eigenvalue weighted by Crippen LogP contribution is -2.34. The number of nitrogens with one attached hydrogen (secondary N) is 1. The number of thioether (sulfide) groups is 1. The van der Waals surface area contributed by atoms with Crippen LogP contribution >= 0.6 is 23.1 Å². The molecule has 1 aliphatic heterocycles. The van der Waals surface area contributed by atoms with Crippen LogP contribution < -0.4 is 10.2 Å². The first kappa shape index (κ1) is 14.2. The second-order valence-electron chi connectivity index (χ2n) is 5.08. The van der Waals surface area contributed by atoms with Crippen molar-refractivity contribution in [1.82, 2.24) is 10.3 Å². The second kappa shape index (κ2) is 6.78. The lowest BCUT2D eigenvalue weighted by Gasteiger charge is -2.30. The van der Waals surface area contributed by atoms with E-state index < -0.39 is 0 Å². The van der Waals surface area contributed by atoms with E-state index in [1.807, 2.05) is 11.8 Å². The van der Waals surface area contributed by atoms with E-state index in [0.29, 0.717) is 6.04 Å². The highest BCUT2D eigenvalue weighted by Crippen LogP contribution is 2.27. The Balaban J connectivity index is 1.86. The van der Waals surface area contributed by atoms with Crippen molar-refractivity contribution in [3.8, 4) is 0 Å². The van der Waals surface area contributed by atoms with E-state index in [1.54, 1.807) is 11.3 Å². The van der Waals surface area contributed by atoms with Crippen molar-refractivity contribution < 1.29 is 0 Å². The number of piperidine rings is 1. The average Bonchev–Trinajstić information content (AvgIpc) is 2.85. The molecule has 0 saturated carbocycles. The van der Waals surface area contributed by atoms with Gasteiger partial charge in [0.05, 0.1) is 5.69 Å². The Morgan fingerprint density at radius 1 is 1.50 bits per heavy atom. The number of hydrogen-bond donors (Lipinski definition) is 1. The Labute approximate surface area is 118 Å². The van der Waals surface area contributed by atoms with Gasteiger partial charge in [0.25, 0.3) is 0 Å². The van der Waals surface area contributed by atoms with Gasteiger partial charge in [-0.2, -0.15) is 11.8 Å². The smallest absolute Gasteiger partial charge is 0.185 e. The van der Waals surface area contributed by atoms with Crippen molar-refractivity contribution in [3.05, 3.63) is 11.1 Å². The molecule has 1 fully saturated rings. The van der Waals surface area contributed by atoms with Gasteiger partial charge in [-0.1, -0.05) is 13.8 Å². The molecular formula is C13H23N3S2. The van der Waals surface area contributed by atoms with Crippen molar-refractivity contribution in [3.63, 3.8) is 0 Å². The molecule has 102 valence electrons. The van der Waals surface area contributed by atoms with E-state index in [2.05, 4.69) is 35.7 Å². The molecule has 1 saturated heterocycles. The van der Waals surface area contributed by atoms with Crippen molar-refractivity contribution in [2.24, 2.45) is 0 Å². The third-order valence-corrected chi connectivity index (χ3v) is 5.37. The Hall–Kier alpha value is -0.260. The molecule has 0 aliphatic carbocycles. The molecule has 3 nitrogen and oxygen atoms in total. The molecule has 2 rings (SSSR count). The van der Waals surface area contributed by atoms with Crippen LogP contribution in [0.15, 0.2) is 5.38 Å². The summed E-state index contributed by atoms with van der Waals surface area (Å²) in [5.41, 5.74) is 1.18. The van der Waals surface area contributed by atoms with Crippen molar-refractivity contribution in [2.45, 2.75) is 44.5 Å². The largest absolute Gasteiger partial charge is 0.348 e. The number of anilines is 1. The summed E-state index contributed by atoms with van der Waals surface area (Å²) in [7, 11) is 0. The van der Waals surface area contributed by atoms with Crippen LogP contribution in [-0.4, -0.2) is 35.6 Å². The molecule has 1 aromatic heterocycles. The number of aromatic nitrogens is 1. The molecule has 0 amide bonds. The standard InChI is InChI=1S/C13H23N3S2/c1-10(2)14-8-11-9-18-13(15-11)16-6-4-12(17-3)5-7-16/h9-10,12,14H,4-8H2,1-3H3. The summed E-state index contributed by atoms with van der Waals surface area (Å²) in [6.07, 6.45) is 4.81. The van der Waals surface area contributed by atoms with Gasteiger partial charge in [0.2, 0.25) is 0 Å². The Morgan fingerprint density at radius 2 is 2.22 bits per heavy atom. The lowest BCUT2D eigenvalue weighted by molar-refractivity contribution is 0.577. The predicted molar refractivity (Wildman–Crippen MR) is 82.8 cm³/mol. The molecule has 0 bridgehead atoms. The molecule has 1 aliphatic rings. The van der Waals surface area contributed by atoms with Gasteiger partial charge in [0.15, 0.2) is 5.13 Å². The fraction of sp³-hybridized carbons (Fsp3) is 0.769. The van der Waals surface area contributed by atoms with E-state index in [-0.39, 0.29) is 0 Å². The van der Waals surface area contributed by atoms with Crippen LogP contribution in [-0.2, 0) is 6.54 Å².